The molecular formula is C22H18N2O3. The molecule has 1 amide bonds. The molecule has 0 saturated carbocycles. The Morgan fingerprint density at radius 2 is 1.74 bits per heavy atom. The number of amides is 1. The van der Waals surface area contributed by atoms with E-state index >= 15 is 0 Å². The van der Waals surface area contributed by atoms with Crippen molar-refractivity contribution in [2.45, 2.75) is 6.04 Å². The molecule has 2 aromatic heterocycles. The van der Waals surface area contributed by atoms with Crippen LogP contribution in [0, 0.1) is 0 Å². The molecule has 27 heavy (non-hydrogen) atoms. The van der Waals surface area contributed by atoms with E-state index in [1.54, 1.807) is 19.3 Å². The van der Waals surface area contributed by atoms with Crippen molar-refractivity contribution in [3.05, 3.63) is 106 Å². The molecule has 0 aliphatic heterocycles. The summed E-state index contributed by atoms with van der Waals surface area (Å²) in [5.74, 6) is 0.307. The third kappa shape index (κ3) is 3.40. The van der Waals surface area contributed by atoms with Crippen LogP contribution in [0.5, 0.6) is 0 Å². The first-order valence-electron chi connectivity index (χ1n) is 8.63. The number of nitrogens with zero attached hydrogens (tertiary/aromatic N) is 1. The van der Waals surface area contributed by atoms with Gasteiger partial charge in [-0.25, -0.2) is 0 Å². The predicted octanol–water partition coefficient (Wildman–Crippen LogP) is 3.65. The number of furan rings is 1. The molecule has 5 heteroatoms. The van der Waals surface area contributed by atoms with Crippen molar-refractivity contribution in [3.8, 4) is 0 Å². The SMILES string of the molecule is Cn1ccc(C(=O)N[C@@H](c2ccccc2)c2cc3ccccc3o2)cc1=O. The summed E-state index contributed by atoms with van der Waals surface area (Å²) >= 11 is 0. The van der Waals surface area contributed by atoms with Crippen LogP contribution in [0.25, 0.3) is 11.0 Å². The van der Waals surface area contributed by atoms with E-state index in [-0.39, 0.29) is 11.5 Å². The van der Waals surface area contributed by atoms with Gasteiger partial charge in [0.2, 0.25) is 0 Å². The van der Waals surface area contributed by atoms with Gasteiger partial charge in [-0.15, -0.1) is 0 Å². The Morgan fingerprint density at radius 3 is 2.48 bits per heavy atom. The molecule has 4 rings (SSSR count). The number of rotatable bonds is 4. The van der Waals surface area contributed by atoms with Crippen LogP contribution in [0.2, 0.25) is 0 Å². The van der Waals surface area contributed by atoms with Crippen molar-refractivity contribution >= 4 is 16.9 Å². The zero-order valence-corrected chi connectivity index (χ0v) is 14.8. The molecule has 0 spiro atoms. The van der Waals surface area contributed by atoms with Crippen LogP contribution in [0.1, 0.15) is 27.7 Å². The minimum atomic E-state index is -0.463. The lowest BCUT2D eigenvalue weighted by molar-refractivity contribution is 0.0939. The highest BCUT2D eigenvalue weighted by Gasteiger charge is 2.21. The number of hydrogen-bond acceptors (Lipinski definition) is 3. The van der Waals surface area contributed by atoms with Crippen LogP contribution >= 0.6 is 0 Å². The number of carbonyl (C=O) groups excluding carboxylic acids is 1. The van der Waals surface area contributed by atoms with Gasteiger partial charge in [-0.2, -0.15) is 0 Å². The second-order valence-corrected chi connectivity index (χ2v) is 6.37. The Kier molecular flexibility index (Phi) is 4.34. The largest absolute Gasteiger partial charge is 0.459 e. The van der Waals surface area contributed by atoms with Crippen molar-refractivity contribution in [2.24, 2.45) is 7.05 Å². The molecule has 1 atom stereocenters. The van der Waals surface area contributed by atoms with Crippen molar-refractivity contribution in [1.29, 1.82) is 0 Å². The third-order valence-electron chi connectivity index (χ3n) is 4.50. The second-order valence-electron chi connectivity index (χ2n) is 6.37. The highest BCUT2D eigenvalue weighted by molar-refractivity contribution is 5.94. The molecule has 5 nitrogen and oxygen atoms in total. The maximum absolute atomic E-state index is 12.8. The smallest absolute Gasteiger partial charge is 0.252 e. The summed E-state index contributed by atoms with van der Waals surface area (Å²) in [4.78, 5) is 24.6. The van der Waals surface area contributed by atoms with E-state index in [0.29, 0.717) is 11.3 Å². The number of para-hydroxylation sites is 1. The highest BCUT2D eigenvalue weighted by Crippen LogP contribution is 2.28. The van der Waals surface area contributed by atoms with E-state index in [1.807, 2.05) is 60.7 Å². The van der Waals surface area contributed by atoms with Crippen LogP contribution in [-0.2, 0) is 7.05 Å². The third-order valence-corrected chi connectivity index (χ3v) is 4.50. The molecule has 0 aliphatic carbocycles. The Balaban J connectivity index is 1.73. The molecule has 0 bridgehead atoms. The topological polar surface area (TPSA) is 64.2 Å². The molecule has 2 heterocycles. The lowest BCUT2D eigenvalue weighted by Crippen LogP contribution is -2.30. The van der Waals surface area contributed by atoms with Gasteiger partial charge in [0.1, 0.15) is 17.4 Å². The van der Waals surface area contributed by atoms with E-state index in [2.05, 4.69) is 5.32 Å². The zero-order valence-electron chi connectivity index (χ0n) is 14.8. The summed E-state index contributed by atoms with van der Waals surface area (Å²) < 4.78 is 7.40. The molecule has 0 saturated heterocycles. The Labute approximate surface area is 155 Å². The fourth-order valence-corrected chi connectivity index (χ4v) is 3.01. The van der Waals surface area contributed by atoms with Gasteiger partial charge in [0.15, 0.2) is 0 Å². The monoisotopic (exact) mass is 358 g/mol. The van der Waals surface area contributed by atoms with Gasteiger partial charge in [-0.1, -0.05) is 48.5 Å². The number of fused-ring (bicyclic) bond motifs is 1. The van der Waals surface area contributed by atoms with Gasteiger partial charge < -0.3 is 14.3 Å². The molecule has 4 aromatic rings. The number of aromatic nitrogens is 1. The van der Waals surface area contributed by atoms with Crippen molar-refractivity contribution in [1.82, 2.24) is 9.88 Å². The number of aryl methyl sites for hydroxylation is 1. The first kappa shape index (κ1) is 16.8. The summed E-state index contributed by atoms with van der Waals surface area (Å²) in [6.45, 7) is 0. The highest BCUT2D eigenvalue weighted by atomic mass is 16.3. The van der Waals surface area contributed by atoms with Crippen LogP contribution in [0.3, 0.4) is 0 Å². The first-order chi connectivity index (χ1) is 13.1. The minimum absolute atomic E-state index is 0.234. The number of carbonyl (C=O) groups is 1. The van der Waals surface area contributed by atoms with E-state index in [9.17, 15) is 9.59 Å². The molecule has 0 radical (unpaired) electrons. The van der Waals surface area contributed by atoms with E-state index in [4.69, 9.17) is 4.42 Å². The van der Waals surface area contributed by atoms with E-state index in [1.165, 1.54) is 10.6 Å². The summed E-state index contributed by atoms with van der Waals surface area (Å²) in [5, 5.41) is 3.96. The van der Waals surface area contributed by atoms with Crippen LogP contribution < -0.4 is 10.9 Å². The number of nitrogens with one attached hydrogen (secondary N) is 1. The average Bonchev–Trinajstić information content (AvgIpc) is 3.12. The number of hydrogen-bond donors (Lipinski definition) is 1. The number of benzene rings is 2. The molecular weight excluding hydrogens is 340 g/mol. The first-order valence-corrected chi connectivity index (χ1v) is 8.63. The summed E-state index contributed by atoms with van der Waals surface area (Å²) in [5.41, 5.74) is 1.74. The fraction of sp³-hybridized carbons (Fsp3) is 0.0909. The van der Waals surface area contributed by atoms with E-state index < -0.39 is 6.04 Å². The average molecular weight is 358 g/mol. The quantitative estimate of drug-likeness (QED) is 0.606. The Hall–Kier alpha value is -3.60. The standard InChI is InChI=1S/C22H18N2O3/c1-24-12-11-17(14-20(24)25)22(26)23-21(15-7-3-2-4-8-15)19-13-16-9-5-6-10-18(16)27-19/h2-14,21H,1H3,(H,23,26)/t21-/m0/s1. The maximum Gasteiger partial charge on any atom is 0.252 e. The summed E-state index contributed by atoms with van der Waals surface area (Å²) in [7, 11) is 1.64. The van der Waals surface area contributed by atoms with E-state index in [0.717, 1.165) is 16.5 Å². The van der Waals surface area contributed by atoms with Crippen LogP contribution in [0.4, 0.5) is 0 Å². The number of pyridine rings is 1. The predicted molar refractivity (Wildman–Crippen MR) is 104 cm³/mol. The van der Waals surface area contributed by atoms with Crippen molar-refractivity contribution < 1.29 is 9.21 Å². The van der Waals surface area contributed by atoms with Gasteiger partial charge in [0, 0.05) is 30.3 Å². The van der Waals surface area contributed by atoms with Gasteiger partial charge in [-0.3, -0.25) is 9.59 Å². The molecule has 2 aromatic carbocycles. The fourth-order valence-electron chi connectivity index (χ4n) is 3.01. The van der Waals surface area contributed by atoms with Gasteiger partial charge in [0.25, 0.3) is 11.5 Å². The Morgan fingerprint density at radius 1 is 1.00 bits per heavy atom. The minimum Gasteiger partial charge on any atom is -0.459 e. The lowest BCUT2D eigenvalue weighted by atomic mass is 10.0. The zero-order chi connectivity index (χ0) is 18.8. The maximum atomic E-state index is 12.8. The molecule has 0 fully saturated rings. The second kappa shape index (κ2) is 6.96. The molecule has 0 unspecified atom stereocenters. The van der Waals surface area contributed by atoms with Crippen LogP contribution in [0.15, 0.2) is 88.2 Å². The lowest BCUT2D eigenvalue weighted by Gasteiger charge is -2.17. The Bertz CT molecular complexity index is 1130. The summed E-state index contributed by atoms with van der Waals surface area (Å²) in [6, 6.07) is 21.7. The van der Waals surface area contributed by atoms with Gasteiger partial charge in [-0.05, 0) is 23.8 Å². The van der Waals surface area contributed by atoms with Gasteiger partial charge in [0.05, 0.1) is 0 Å². The molecule has 0 aliphatic rings. The summed E-state index contributed by atoms with van der Waals surface area (Å²) in [6.07, 6.45) is 1.58. The normalized spacial score (nSPS) is 12.0. The van der Waals surface area contributed by atoms with Crippen molar-refractivity contribution in [3.63, 3.8) is 0 Å². The molecule has 134 valence electrons. The van der Waals surface area contributed by atoms with Crippen LogP contribution in [-0.4, -0.2) is 10.5 Å². The van der Waals surface area contributed by atoms with Gasteiger partial charge >= 0.3 is 0 Å². The molecule has 1 N–H and O–H groups in total. The van der Waals surface area contributed by atoms with Crippen molar-refractivity contribution in [2.75, 3.05) is 0 Å².